The fourth-order valence-electron chi connectivity index (χ4n) is 2.13. The SMILES string of the molecule is Fc1cc(F)cc(-c2ccc(CNC3CC3)c(Cl)c2)c1. The molecule has 3 rings (SSSR count). The van der Waals surface area contributed by atoms with Gasteiger partial charge >= 0.3 is 0 Å². The average molecular weight is 294 g/mol. The van der Waals surface area contributed by atoms with Gasteiger partial charge < -0.3 is 5.32 Å². The standard InChI is InChI=1S/C16H14ClF2N/c17-16-7-10(12-5-13(18)8-14(19)6-12)1-2-11(16)9-20-15-3-4-15/h1-2,5-8,15,20H,3-4,9H2. The van der Waals surface area contributed by atoms with Gasteiger partial charge in [-0.15, -0.1) is 0 Å². The third-order valence-corrected chi connectivity index (χ3v) is 3.76. The van der Waals surface area contributed by atoms with Crippen molar-refractivity contribution in [2.24, 2.45) is 0 Å². The molecule has 0 unspecified atom stereocenters. The van der Waals surface area contributed by atoms with Crippen molar-refractivity contribution in [3.63, 3.8) is 0 Å². The zero-order valence-electron chi connectivity index (χ0n) is 10.8. The van der Waals surface area contributed by atoms with Gasteiger partial charge in [0.15, 0.2) is 0 Å². The van der Waals surface area contributed by atoms with Crippen LogP contribution < -0.4 is 5.32 Å². The van der Waals surface area contributed by atoms with Gasteiger partial charge in [0.05, 0.1) is 0 Å². The lowest BCUT2D eigenvalue weighted by Crippen LogP contribution is -2.15. The van der Waals surface area contributed by atoms with Crippen LogP contribution in [0.3, 0.4) is 0 Å². The maximum atomic E-state index is 13.2. The molecule has 2 aromatic carbocycles. The van der Waals surface area contributed by atoms with Crippen molar-refractivity contribution < 1.29 is 8.78 Å². The topological polar surface area (TPSA) is 12.0 Å². The minimum atomic E-state index is -0.587. The fraction of sp³-hybridized carbons (Fsp3) is 0.250. The van der Waals surface area contributed by atoms with Crippen LogP contribution in [0.5, 0.6) is 0 Å². The highest BCUT2D eigenvalue weighted by molar-refractivity contribution is 6.31. The van der Waals surface area contributed by atoms with Gasteiger partial charge in [-0.2, -0.15) is 0 Å². The van der Waals surface area contributed by atoms with E-state index in [1.165, 1.54) is 25.0 Å². The number of nitrogens with one attached hydrogen (secondary N) is 1. The number of halogens is 3. The first-order valence-corrected chi connectivity index (χ1v) is 6.98. The molecule has 20 heavy (non-hydrogen) atoms. The van der Waals surface area contributed by atoms with Gasteiger partial charge in [0.25, 0.3) is 0 Å². The molecule has 0 aromatic heterocycles. The zero-order valence-corrected chi connectivity index (χ0v) is 11.6. The van der Waals surface area contributed by atoms with E-state index in [4.69, 9.17) is 11.6 Å². The summed E-state index contributed by atoms with van der Waals surface area (Å²) in [5.41, 5.74) is 2.20. The van der Waals surface area contributed by atoms with Gasteiger partial charge in [-0.05, 0) is 47.7 Å². The molecule has 0 spiro atoms. The fourth-order valence-corrected chi connectivity index (χ4v) is 2.38. The summed E-state index contributed by atoms with van der Waals surface area (Å²) in [5.74, 6) is -1.17. The van der Waals surface area contributed by atoms with Crippen molar-refractivity contribution in [1.29, 1.82) is 0 Å². The molecule has 0 heterocycles. The zero-order chi connectivity index (χ0) is 14.1. The Labute approximate surface area is 121 Å². The van der Waals surface area contributed by atoms with Crippen molar-refractivity contribution in [1.82, 2.24) is 5.32 Å². The lowest BCUT2D eigenvalue weighted by atomic mass is 10.0. The summed E-state index contributed by atoms with van der Waals surface area (Å²) in [4.78, 5) is 0. The average Bonchev–Trinajstić information content (AvgIpc) is 3.20. The Kier molecular flexibility index (Phi) is 3.72. The maximum Gasteiger partial charge on any atom is 0.126 e. The van der Waals surface area contributed by atoms with Crippen LogP contribution in [-0.2, 0) is 6.54 Å². The van der Waals surface area contributed by atoms with Gasteiger partial charge in [0.2, 0.25) is 0 Å². The molecule has 1 fully saturated rings. The number of rotatable bonds is 4. The summed E-state index contributed by atoms with van der Waals surface area (Å²) >= 11 is 6.24. The van der Waals surface area contributed by atoms with Gasteiger partial charge in [-0.25, -0.2) is 8.78 Å². The van der Waals surface area contributed by atoms with E-state index < -0.39 is 11.6 Å². The highest BCUT2D eigenvalue weighted by Crippen LogP contribution is 2.28. The Balaban J connectivity index is 1.84. The molecular weight excluding hydrogens is 280 g/mol. The van der Waals surface area contributed by atoms with Crippen molar-refractivity contribution in [3.8, 4) is 11.1 Å². The first-order chi connectivity index (χ1) is 9.61. The van der Waals surface area contributed by atoms with Crippen molar-refractivity contribution in [3.05, 3.63) is 58.6 Å². The lowest BCUT2D eigenvalue weighted by molar-refractivity contribution is 0.584. The van der Waals surface area contributed by atoms with E-state index in [2.05, 4.69) is 5.32 Å². The molecule has 0 amide bonds. The second-order valence-corrected chi connectivity index (χ2v) is 5.53. The van der Waals surface area contributed by atoms with Gasteiger partial charge in [-0.3, -0.25) is 0 Å². The van der Waals surface area contributed by atoms with Crippen LogP contribution in [0.25, 0.3) is 11.1 Å². The van der Waals surface area contributed by atoms with E-state index in [0.717, 1.165) is 18.2 Å². The van der Waals surface area contributed by atoms with Crippen LogP contribution in [0.2, 0.25) is 5.02 Å². The predicted octanol–water partition coefficient (Wildman–Crippen LogP) is 4.54. The van der Waals surface area contributed by atoms with Crippen LogP contribution >= 0.6 is 11.6 Å². The monoisotopic (exact) mass is 293 g/mol. The second-order valence-electron chi connectivity index (χ2n) is 5.12. The molecule has 4 heteroatoms. The molecule has 0 radical (unpaired) electrons. The van der Waals surface area contributed by atoms with Crippen LogP contribution in [0.15, 0.2) is 36.4 Å². The number of hydrogen-bond acceptors (Lipinski definition) is 1. The van der Waals surface area contributed by atoms with Crippen LogP contribution in [0, 0.1) is 11.6 Å². The molecule has 0 atom stereocenters. The third-order valence-electron chi connectivity index (χ3n) is 3.41. The third kappa shape index (κ3) is 3.17. The normalized spacial score (nSPS) is 14.6. The Hall–Kier alpha value is -1.45. The van der Waals surface area contributed by atoms with Gasteiger partial charge in [-0.1, -0.05) is 23.7 Å². The lowest BCUT2D eigenvalue weighted by Gasteiger charge is -2.09. The van der Waals surface area contributed by atoms with Crippen molar-refractivity contribution in [2.45, 2.75) is 25.4 Å². The van der Waals surface area contributed by atoms with E-state index in [9.17, 15) is 8.78 Å². The van der Waals surface area contributed by atoms with Crippen molar-refractivity contribution >= 4 is 11.6 Å². The smallest absolute Gasteiger partial charge is 0.126 e. The summed E-state index contributed by atoms with van der Waals surface area (Å²) in [7, 11) is 0. The Morgan fingerprint density at radius 3 is 2.30 bits per heavy atom. The molecule has 0 saturated heterocycles. The molecule has 1 saturated carbocycles. The van der Waals surface area contributed by atoms with Crippen LogP contribution in [0.1, 0.15) is 18.4 Å². The number of benzene rings is 2. The number of hydrogen-bond donors (Lipinski definition) is 1. The highest BCUT2D eigenvalue weighted by atomic mass is 35.5. The van der Waals surface area contributed by atoms with E-state index >= 15 is 0 Å². The van der Waals surface area contributed by atoms with E-state index in [1.807, 2.05) is 12.1 Å². The molecule has 2 aromatic rings. The summed E-state index contributed by atoms with van der Waals surface area (Å²) in [5, 5.41) is 4.00. The van der Waals surface area contributed by atoms with Gasteiger partial charge in [0.1, 0.15) is 11.6 Å². The predicted molar refractivity (Wildman–Crippen MR) is 76.7 cm³/mol. The molecule has 0 bridgehead atoms. The molecule has 1 aliphatic rings. The minimum Gasteiger partial charge on any atom is -0.310 e. The summed E-state index contributed by atoms with van der Waals surface area (Å²) < 4.78 is 26.5. The Bertz CT molecular complexity index is 618. The quantitative estimate of drug-likeness (QED) is 0.873. The van der Waals surface area contributed by atoms with E-state index in [-0.39, 0.29) is 0 Å². The van der Waals surface area contributed by atoms with Crippen molar-refractivity contribution in [2.75, 3.05) is 0 Å². The molecule has 104 valence electrons. The molecule has 1 nitrogen and oxygen atoms in total. The molecule has 1 N–H and O–H groups in total. The first-order valence-electron chi connectivity index (χ1n) is 6.60. The van der Waals surface area contributed by atoms with Gasteiger partial charge in [0, 0.05) is 23.7 Å². The van der Waals surface area contributed by atoms with Crippen LogP contribution in [0.4, 0.5) is 8.78 Å². The summed E-state index contributed by atoms with van der Waals surface area (Å²) in [6, 6.07) is 9.56. The molecular formula is C16H14ClF2N. The largest absolute Gasteiger partial charge is 0.310 e. The first kappa shape index (κ1) is 13.5. The highest BCUT2D eigenvalue weighted by Gasteiger charge is 2.20. The minimum absolute atomic E-state index is 0.492. The van der Waals surface area contributed by atoms with Crippen LogP contribution in [-0.4, -0.2) is 6.04 Å². The maximum absolute atomic E-state index is 13.2. The van der Waals surface area contributed by atoms with E-state index in [0.29, 0.717) is 22.2 Å². The Morgan fingerprint density at radius 1 is 1.00 bits per heavy atom. The molecule has 0 aliphatic heterocycles. The Morgan fingerprint density at radius 2 is 1.70 bits per heavy atom. The summed E-state index contributed by atoms with van der Waals surface area (Å²) in [6.07, 6.45) is 2.44. The van der Waals surface area contributed by atoms with E-state index in [1.54, 1.807) is 6.07 Å². The second kappa shape index (κ2) is 5.51. The molecule has 1 aliphatic carbocycles. The summed E-state index contributed by atoms with van der Waals surface area (Å²) in [6.45, 7) is 0.724.